The van der Waals surface area contributed by atoms with Crippen LogP contribution in [0.25, 0.3) is 10.8 Å². The Hall–Kier alpha value is -0.770. The molecule has 2 rings (SSSR count). The van der Waals surface area contributed by atoms with Gasteiger partial charge in [0.05, 0.1) is 0 Å². The number of fused-ring (bicyclic) bond motifs is 1. The number of hydrogen-bond donors (Lipinski definition) is 1. The molecule has 15 heavy (non-hydrogen) atoms. The second-order valence-corrected chi connectivity index (χ2v) is 5.17. The predicted octanol–water partition coefficient (Wildman–Crippen LogP) is 4.43. The smallest absolute Gasteiger partial charge is 0.116 e. The van der Waals surface area contributed by atoms with Gasteiger partial charge in [-0.25, -0.2) is 0 Å². The Morgan fingerprint density at radius 1 is 1.13 bits per heavy atom. The van der Waals surface area contributed by atoms with Crippen LogP contribution in [0.4, 0.5) is 0 Å². The van der Waals surface area contributed by atoms with Gasteiger partial charge in [-0.1, -0.05) is 53.8 Å². The van der Waals surface area contributed by atoms with Crippen LogP contribution in [0.3, 0.4) is 0 Å². The second-order valence-electron chi connectivity index (χ2n) is 3.67. The number of alkyl halides is 1. The molecule has 0 aliphatic heterocycles. The Balaban J connectivity index is 2.52. The van der Waals surface area contributed by atoms with E-state index < -0.39 is 0 Å². The van der Waals surface area contributed by atoms with E-state index in [9.17, 15) is 5.11 Å². The number of aromatic hydroxyl groups is 1. The summed E-state index contributed by atoms with van der Waals surface area (Å²) < 4.78 is 0.570. The van der Waals surface area contributed by atoms with Crippen LogP contribution in [-0.2, 0) is 0 Å². The molecule has 0 spiro atoms. The SMILES string of the molecule is CCC(I)c1ccc2cc(O)ccc2c1. The van der Waals surface area contributed by atoms with E-state index in [0.717, 1.165) is 11.8 Å². The maximum Gasteiger partial charge on any atom is 0.116 e. The number of rotatable bonds is 2. The monoisotopic (exact) mass is 312 g/mol. The summed E-state index contributed by atoms with van der Waals surface area (Å²) in [6, 6.07) is 11.9. The molecule has 1 nitrogen and oxygen atoms in total. The van der Waals surface area contributed by atoms with Gasteiger partial charge in [0.25, 0.3) is 0 Å². The van der Waals surface area contributed by atoms with E-state index in [1.165, 1.54) is 10.9 Å². The third-order valence-corrected chi connectivity index (χ3v) is 4.17. The molecule has 0 aliphatic rings. The van der Waals surface area contributed by atoms with Crippen LogP contribution < -0.4 is 0 Å². The highest BCUT2D eigenvalue weighted by atomic mass is 127. The van der Waals surface area contributed by atoms with Gasteiger partial charge < -0.3 is 5.11 Å². The van der Waals surface area contributed by atoms with Gasteiger partial charge in [-0.15, -0.1) is 0 Å². The molecule has 0 saturated heterocycles. The van der Waals surface area contributed by atoms with Crippen LogP contribution in [0.5, 0.6) is 5.75 Å². The van der Waals surface area contributed by atoms with Crippen LogP contribution in [-0.4, -0.2) is 5.11 Å². The quantitative estimate of drug-likeness (QED) is 0.642. The van der Waals surface area contributed by atoms with E-state index in [1.54, 1.807) is 12.1 Å². The van der Waals surface area contributed by atoms with Crippen molar-refractivity contribution in [2.45, 2.75) is 17.3 Å². The zero-order valence-electron chi connectivity index (χ0n) is 8.57. The normalized spacial score (nSPS) is 12.9. The zero-order chi connectivity index (χ0) is 10.8. The first-order valence-corrected chi connectivity index (χ1v) is 6.32. The molecule has 1 atom stereocenters. The summed E-state index contributed by atoms with van der Waals surface area (Å²) in [6.07, 6.45) is 1.14. The highest BCUT2D eigenvalue weighted by Crippen LogP contribution is 2.30. The van der Waals surface area contributed by atoms with E-state index in [-0.39, 0.29) is 0 Å². The standard InChI is InChI=1S/C13H13IO/c1-2-13(14)11-4-3-10-8-12(15)6-5-9(10)7-11/h3-8,13,15H,2H2,1H3. The van der Waals surface area contributed by atoms with Crippen LogP contribution in [0, 0.1) is 0 Å². The Morgan fingerprint density at radius 2 is 1.80 bits per heavy atom. The van der Waals surface area contributed by atoms with Crippen molar-refractivity contribution in [2.75, 3.05) is 0 Å². The van der Waals surface area contributed by atoms with E-state index in [0.29, 0.717) is 9.67 Å². The molecule has 78 valence electrons. The predicted molar refractivity (Wildman–Crippen MR) is 72.7 cm³/mol. The van der Waals surface area contributed by atoms with Crippen molar-refractivity contribution in [3.8, 4) is 5.75 Å². The molecular formula is C13H13IO. The molecule has 0 aromatic heterocycles. The first-order valence-electron chi connectivity index (χ1n) is 5.07. The minimum absolute atomic E-state index is 0.330. The number of benzene rings is 2. The molecule has 0 radical (unpaired) electrons. The Kier molecular flexibility index (Phi) is 3.14. The summed E-state index contributed by atoms with van der Waals surface area (Å²) in [6.45, 7) is 2.19. The first-order chi connectivity index (χ1) is 7.20. The minimum atomic E-state index is 0.330. The van der Waals surface area contributed by atoms with Gasteiger partial charge in [0.2, 0.25) is 0 Å². The van der Waals surface area contributed by atoms with Crippen molar-refractivity contribution >= 4 is 33.4 Å². The van der Waals surface area contributed by atoms with Crippen molar-refractivity contribution in [3.63, 3.8) is 0 Å². The van der Waals surface area contributed by atoms with Gasteiger partial charge in [0, 0.05) is 3.92 Å². The van der Waals surface area contributed by atoms with Gasteiger partial charge >= 0.3 is 0 Å². The third-order valence-electron chi connectivity index (χ3n) is 2.57. The number of halogens is 1. The summed E-state index contributed by atoms with van der Waals surface area (Å²) in [7, 11) is 0. The largest absolute Gasteiger partial charge is 0.508 e. The molecule has 0 bridgehead atoms. The molecule has 0 heterocycles. The van der Waals surface area contributed by atoms with Crippen molar-refractivity contribution < 1.29 is 5.11 Å². The van der Waals surface area contributed by atoms with Gasteiger partial charge in [-0.05, 0) is 34.9 Å². The highest BCUT2D eigenvalue weighted by Gasteiger charge is 2.05. The lowest BCUT2D eigenvalue weighted by Gasteiger charge is -2.08. The number of hydrogen-bond acceptors (Lipinski definition) is 1. The van der Waals surface area contributed by atoms with Crippen molar-refractivity contribution in [2.24, 2.45) is 0 Å². The van der Waals surface area contributed by atoms with Gasteiger partial charge in [-0.2, -0.15) is 0 Å². The first kappa shape index (κ1) is 10.7. The summed E-state index contributed by atoms with van der Waals surface area (Å²) in [4.78, 5) is 0. The van der Waals surface area contributed by atoms with E-state index >= 15 is 0 Å². The molecule has 0 saturated carbocycles. The van der Waals surface area contributed by atoms with Gasteiger partial charge in [0.15, 0.2) is 0 Å². The lowest BCUT2D eigenvalue weighted by atomic mass is 10.0. The van der Waals surface area contributed by atoms with Crippen molar-refractivity contribution in [1.29, 1.82) is 0 Å². The zero-order valence-corrected chi connectivity index (χ0v) is 10.7. The van der Waals surface area contributed by atoms with E-state index in [4.69, 9.17) is 0 Å². The Labute approximate surface area is 103 Å². The lowest BCUT2D eigenvalue weighted by molar-refractivity contribution is 0.476. The van der Waals surface area contributed by atoms with Crippen molar-refractivity contribution in [1.82, 2.24) is 0 Å². The topological polar surface area (TPSA) is 20.2 Å². The van der Waals surface area contributed by atoms with Crippen LogP contribution >= 0.6 is 22.6 Å². The average molecular weight is 312 g/mol. The molecule has 2 aromatic rings. The fraction of sp³-hybridized carbons (Fsp3) is 0.231. The molecule has 0 aliphatic carbocycles. The lowest BCUT2D eigenvalue weighted by Crippen LogP contribution is -1.86. The minimum Gasteiger partial charge on any atom is -0.508 e. The summed E-state index contributed by atoms with van der Waals surface area (Å²) in [5.41, 5.74) is 1.36. The van der Waals surface area contributed by atoms with Gasteiger partial charge in [-0.3, -0.25) is 0 Å². The molecular weight excluding hydrogens is 299 g/mol. The summed E-state index contributed by atoms with van der Waals surface area (Å²) in [5.74, 6) is 0.330. The highest BCUT2D eigenvalue weighted by molar-refractivity contribution is 14.1. The third kappa shape index (κ3) is 2.25. The van der Waals surface area contributed by atoms with Crippen LogP contribution in [0.2, 0.25) is 0 Å². The maximum absolute atomic E-state index is 9.35. The fourth-order valence-corrected chi connectivity index (χ4v) is 2.07. The number of phenolic OH excluding ortho intramolecular Hbond substituents is 1. The van der Waals surface area contributed by atoms with Crippen LogP contribution in [0.15, 0.2) is 36.4 Å². The molecule has 1 unspecified atom stereocenters. The molecule has 0 amide bonds. The number of phenols is 1. The van der Waals surface area contributed by atoms with E-state index in [1.807, 2.05) is 6.07 Å². The van der Waals surface area contributed by atoms with Crippen molar-refractivity contribution in [3.05, 3.63) is 42.0 Å². The maximum atomic E-state index is 9.35. The average Bonchev–Trinajstić information content (AvgIpc) is 2.27. The Bertz CT molecular complexity index is 479. The second kappa shape index (κ2) is 4.39. The fourth-order valence-electron chi connectivity index (χ4n) is 1.68. The molecule has 1 N–H and O–H groups in total. The van der Waals surface area contributed by atoms with E-state index in [2.05, 4.69) is 47.7 Å². The molecule has 0 fully saturated rings. The molecule has 2 heteroatoms. The summed E-state index contributed by atoms with van der Waals surface area (Å²) >= 11 is 2.46. The Morgan fingerprint density at radius 3 is 2.53 bits per heavy atom. The van der Waals surface area contributed by atoms with Gasteiger partial charge in [0.1, 0.15) is 5.75 Å². The van der Waals surface area contributed by atoms with Crippen LogP contribution in [0.1, 0.15) is 22.8 Å². The molecule has 2 aromatic carbocycles. The summed E-state index contributed by atoms with van der Waals surface area (Å²) in [5, 5.41) is 11.6.